The zero-order chi connectivity index (χ0) is 14.8. The largest absolute Gasteiger partial charge is 0.311 e. The standard InChI is InChI=1S/C14H11ClN4OS/c15-12-6-5-10(18-19-12)13(20)17-14-9(7-16)8-3-1-2-4-11(8)21-14/h5-6H,1-4H2,(H,17,20). The summed E-state index contributed by atoms with van der Waals surface area (Å²) in [5.74, 6) is -0.380. The monoisotopic (exact) mass is 318 g/mol. The van der Waals surface area contributed by atoms with E-state index in [-0.39, 0.29) is 16.8 Å². The molecule has 7 heteroatoms. The minimum absolute atomic E-state index is 0.176. The molecule has 1 aliphatic carbocycles. The number of hydrogen-bond donors (Lipinski definition) is 1. The van der Waals surface area contributed by atoms with Gasteiger partial charge < -0.3 is 5.32 Å². The van der Waals surface area contributed by atoms with Crippen LogP contribution in [0.2, 0.25) is 5.15 Å². The number of amides is 1. The summed E-state index contributed by atoms with van der Waals surface area (Å²) in [5.41, 5.74) is 1.85. The number of nitrogens with zero attached hydrogens (tertiary/aromatic N) is 3. The SMILES string of the molecule is N#Cc1c(NC(=O)c2ccc(Cl)nn2)sc2c1CCCC2. The van der Waals surface area contributed by atoms with Gasteiger partial charge in [0.2, 0.25) is 0 Å². The lowest BCUT2D eigenvalue weighted by Gasteiger charge is -2.09. The topological polar surface area (TPSA) is 78.7 Å². The molecule has 2 aromatic rings. The minimum atomic E-state index is -0.380. The molecule has 106 valence electrons. The number of thiophene rings is 1. The van der Waals surface area contributed by atoms with Crippen molar-refractivity contribution in [3.05, 3.63) is 39.0 Å². The third-order valence-corrected chi connectivity index (χ3v) is 4.78. The van der Waals surface area contributed by atoms with Crippen molar-refractivity contribution in [2.24, 2.45) is 0 Å². The van der Waals surface area contributed by atoms with E-state index in [0.717, 1.165) is 31.2 Å². The van der Waals surface area contributed by atoms with E-state index < -0.39 is 0 Å². The van der Waals surface area contributed by atoms with Gasteiger partial charge in [-0.05, 0) is 43.4 Å². The minimum Gasteiger partial charge on any atom is -0.311 e. The molecular weight excluding hydrogens is 308 g/mol. The molecule has 5 nitrogen and oxygen atoms in total. The van der Waals surface area contributed by atoms with Crippen molar-refractivity contribution < 1.29 is 4.79 Å². The first-order chi connectivity index (χ1) is 10.2. The van der Waals surface area contributed by atoms with Crippen molar-refractivity contribution in [1.29, 1.82) is 5.26 Å². The first kappa shape index (κ1) is 14.0. The predicted octanol–water partition coefficient (Wildman–Crippen LogP) is 3.19. The van der Waals surface area contributed by atoms with Crippen molar-refractivity contribution in [3.8, 4) is 6.07 Å². The molecule has 0 aromatic carbocycles. The van der Waals surface area contributed by atoms with Crippen LogP contribution >= 0.6 is 22.9 Å². The van der Waals surface area contributed by atoms with Crippen molar-refractivity contribution in [2.45, 2.75) is 25.7 Å². The van der Waals surface area contributed by atoms with Gasteiger partial charge in [0.25, 0.3) is 5.91 Å². The third kappa shape index (κ3) is 2.75. The van der Waals surface area contributed by atoms with Crippen molar-refractivity contribution in [2.75, 3.05) is 5.32 Å². The molecule has 0 saturated carbocycles. The fourth-order valence-corrected chi connectivity index (χ4v) is 3.71. The quantitative estimate of drug-likeness (QED) is 0.922. The summed E-state index contributed by atoms with van der Waals surface area (Å²) in [6, 6.07) is 5.22. The van der Waals surface area contributed by atoms with Gasteiger partial charge in [-0.2, -0.15) is 5.26 Å². The number of fused-ring (bicyclic) bond motifs is 1. The van der Waals surface area contributed by atoms with E-state index in [1.807, 2.05) is 0 Å². The molecule has 0 unspecified atom stereocenters. The Balaban J connectivity index is 1.88. The number of carbonyl (C=O) groups is 1. The average Bonchev–Trinajstić information content (AvgIpc) is 2.84. The highest BCUT2D eigenvalue weighted by Crippen LogP contribution is 2.37. The smallest absolute Gasteiger partial charge is 0.276 e. The fraction of sp³-hybridized carbons (Fsp3) is 0.286. The molecule has 1 amide bonds. The van der Waals surface area contributed by atoms with Gasteiger partial charge in [0, 0.05) is 4.88 Å². The lowest BCUT2D eigenvalue weighted by Crippen LogP contribution is -2.14. The third-order valence-electron chi connectivity index (χ3n) is 3.37. The normalized spacial score (nSPS) is 13.3. The van der Waals surface area contributed by atoms with Crippen LogP contribution in [0, 0.1) is 11.3 Å². The Bertz CT molecular complexity index is 733. The maximum absolute atomic E-state index is 12.1. The molecule has 2 aromatic heterocycles. The molecule has 0 aliphatic heterocycles. The molecule has 0 atom stereocenters. The van der Waals surface area contributed by atoms with E-state index in [0.29, 0.717) is 10.6 Å². The van der Waals surface area contributed by atoms with E-state index in [1.54, 1.807) is 0 Å². The zero-order valence-corrected chi connectivity index (χ0v) is 12.6. The van der Waals surface area contributed by atoms with E-state index in [4.69, 9.17) is 11.6 Å². The van der Waals surface area contributed by atoms with Crippen molar-refractivity contribution in [3.63, 3.8) is 0 Å². The molecule has 0 saturated heterocycles. The maximum Gasteiger partial charge on any atom is 0.276 e. The van der Waals surface area contributed by atoms with Gasteiger partial charge >= 0.3 is 0 Å². The van der Waals surface area contributed by atoms with Crippen molar-refractivity contribution >= 4 is 33.8 Å². The average molecular weight is 319 g/mol. The maximum atomic E-state index is 12.1. The van der Waals surface area contributed by atoms with Gasteiger partial charge in [-0.25, -0.2) is 0 Å². The second-order valence-corrected chi connectivity index (χ2v) is 6.21. The summed E-state index contributed by atoms with van der Waals surface area (Å²) in [6.07, 6.45) is 4.11. The molecule has 0 radical (unpaired) electrons. The fourth-order valence-electron chi connectivity index (χ4n) is 2.38. The molecule has 0 spiro atoms. The van der Waals surface area contributed by atoms with Crippen LogP contribution < -0.4 is 5.32 Å². The molecule has 2 heterocycles. The Morgan fingerprint density at radius 3 is 2.86 bits per heavy atom. The number of halogens is 1. The number of aryl methyl sites for hydroxylation is 1. The lowest BCUT2D eigenvalue weighted by molar-refractivity contribution is 0.102. The first-order valence-electron chi connectivity index (χ1n) is 6.54. The Kier molecular flexibility index (Phi) is 3.86. The van der Waals surface area contributed by atoms with Crippen LogP contribution in [0.5, 0.6) is 0 Å². The molecule has 0 fully saturated rings. The van der Waals surface area contributed by atoms with E-state index in [1.165, 1.54) is 28.3 Å². The van der Waals surface area contributed by atoms with Crippen LogP contribution in [0.15, 0.2) is 12.1 Å². The van der Waals surface area contributed by atoms with Gasteiger partial charge in [-0.3, -0.25) is 4.79 Å². The summed E-state index contributed by atoms with van der Waals surface area (Å²) in [4.78, 5) is 13.4. The number of aromatic nitrogens is 2. The number of rotatable bonds is 2. The Hall–Kier alpha value is -1.97. The van der Waals surface area contributed by atoms with Gasteiger partial charge in [0.1, 0.15) is 11.1 Å². The molecular formula is C14H11ClN4OS. The summed E-state index contributed by atoms with van der Waals surface area (Å²) >= 11 is 7.13. The van der Waals surface area contributed by atoms with Crippen LogP contribution in [0.1, 0.15) is 39.3 Å². The second kappa shape index (κ2) is 5.80. The van der Waals surface area contributed by atoms with Gasteiger partial charge in [-0.1, -0.05) is 11.6 Å². The van der Waals surface area contributed by atoms with Crippen LogP contribution in [0.25, 0.3) is 0 Å². The molecule has 1 N–H and O–H groups in total. The highest BCUT2D eigenvalue weighted by atomic mass is 35.5. The van der Waals surface area contributed by atoms with E-state index in [9.17, 15) is 10.1 Å². The molecule has 0 bridgehead atoms. The lowest BCUT2D eigenvalue weighted by atomic mass is 9.96. The molecule has 1 aliphatic rings. The molecule has 21 heavy (non-hydrogen) atoms. The Morgan fingerprint density at radius 1 is 1.33 bits per heavy atom. The van der Waals surface area contributed by atoms with Crippen LogP contribution in [-0.4, -0.2) is 16.1 Å². The van der Waals surface area contributed by atoms with Gasteiger partial charge in [0.15, 0.2) is 10.8 Å². The van der Waals surface area contributed by atoms with E-state index in [2.05, 4.69) is 21.6 Å². The number of hydrogen-bond acceptors (Lipinski definition) is 5. The summed E-state index contributed by atoms with van der Waals surface area (Å²) in [6.45, 7) is 0. The van der Waals surface area contributed by atoms with Crippen molar-refractivity contribution in [1.82, 2.24) is 10.2 Å². The van der Waals surface area contributed by atoms with Gasteiger partial charge in [0.05, 0.1) is 5.56 Å². The summed E-state index contributed by atoms with van der Waals surface area (Å²) < 4.78 is 0. The van der Waals surface area contributed by atoms with E-state index >= 15 is 0 Å². The van der Waals surface area contributed by atoms with Crippen LogP contribution in [0.3, 0.4) is 0 Å². The number of nitriles is 1. The highest BCUT2D eigenvalue weighted by molar-refractivity contribution is 7.16. The van der Waals surface area contributed by atoms with Crippen LogP contribution in [-0.2, 0) is 12.8 Å². The zero-order valence-electron chi connectivity index (χ0n) is 11.0. The predicted molar refractivity (Wildman–Crippen MR) is 80.7 cm³/mol. The second-order valence-electron chi connectivity index (χ2n) is 4.72. The summed E-state index contributed by atoms with van der Waals surface area (Å²) in [5, 5.41) is 20.3. The first-order valence-corrected chi connectivity index (χ1v) is 7.73. The Labute approximate surface area is 130 Å². The number of anilines is 1. The highest BCUT2D eigenvalue weighted by Gasteiger charge is 2.22. The Morgan fingerprint density at radius 2 is 2.14 bits per heavy atom. The van der Waals surface area contributed by atoms with Crippen LogP contribution in [0.4, 0.5) is 5.00 Å². The number of carbonyl (C=O) groups excluding carboxylic acids is 1. The van der Waals surface area contributed by atoms with Gasteiger partial charge in [-0.15, -0.1) is 21.5 Å². The number of nitrogens with one attached hydrogen (secondary N) is 1. The molecule has 3 rings (SSSR count). The summed E-state index contributed by atoms with van der Waals surface area (Å²) in [7, 11) is 0.